The van der Waals surface area contributed by atoms with Crippen molar-refractivity contribution in [3.63, 3.8) is 0 Å². The maximum Gasteiger partial charge on any atom is 0.315 e. The molecule has 1 rings (SSSR count). The van der Waals surface area contributed by atoms with Crippen molar-refractivity contribution in [1.29, 1.82) is 0 Å². The number of hydrogen-bond donors (Lipinski definition) is 2. The summed E-state index contributed by atoms with van der Waals surface area (Å²) in [5.41, 5.74) is 0. The van der Waals surface area contributed by atoms with Crippen molar-refractivity contribution in [2.24, 2.45) is 0 Å². The summed E-state index contributed by atoms with van der Waals surface area (Å²) in [7, 11) is 1.79. The second kappa shape index (κ2) is 6.85. The molecule has 0 atom stereocenters. The Bertz CT molecular complexity index is 348. The Morgan fingerprint density at radius 2 is 2.06 bits per heavy atom. The van der Waals surface area contributed by atoms with E-state index in [4.69, 9.17) is 4.42 Å². The normalized spacial score (nSPS) is 10.3. The van der Waals surface area contributed by atoms with Gasteiger partial charge >= 0.3 is 6.01 Å². The third-order valence-electron chi connectivity index (χ3n) is 2.30. The van der Waals surface area contributed by atoms with E-state index in [1.165, 1.54) is 0 Å². The van der Waals surface area contributed by atoms with E-state index < -0.39 is 0 Å². The maximum atomic E-state index is 11.7. The van der Waals surface area contributed by atoms with E-state index in [9.17, 15) is 4.79 Å². The highest BCUT2D eigenvalue weighted by Crippen LogP contribution is 2.04. The summed E-state index contributed by atoms with van der Waals surface area (Å²) < 4.78 is 5.25. The number of carbonyl (C=O) groups is 1. The fraction of sp³-hybridized carbons (Fsp3) is 0.700. The average Bonchev–Trinajstić information content (AvgIpc) is 2.76. The minimum Gasteiger partial charge on any atom is -0.407 e. The van der Waals surface area contributed by atoms with Gasteiger partial charge in [-0.25, -0.2) is 0 Å². The minimum absolute atomic E-state index is 0.0170. The Kier molecular flexibility index (Phi) is 5.41. The molecule has 0 unspecified atom stereocenters. The van der Waals surface area contributed by atoms with E-state index in [-0.39, 0.29) is 18.5 Å². The summed E-state index contributed by atoms with van der Waals surface area (Å²) in [5.74, 6) is 0.508. The number of aromatic nitrogens is 2. The van der Waals surface area contributed by atoms with Crippen LogP contribution in [-0.4, -0.2) is 47.7 Å². The molecule has 0 aliphatic carbocycles. The van der Waals surface area contributed by atoms with Gasteiger partial charge in [0, 0.05) is 13.1 Å². The molecular weight excluding hydrogens is 222 g/mol. The molecule has 0 saturated carbocycles. The number of anilines is 1. The van der Waals surface area contributed by atoms with Crippen molar-refractivity contribution in [2.45, 2.75) is 20.4 Å². The minimum atomic E-state index is 0.0170. The van der Waals surface area contributed by atoms with Crippen molar-refractivity contribution < 1.29 is 9.21 Å². The summed E-state index contributed by atoms with van der Waals surface area (Å²) in [4.78, 5) is 13.4. The Hall–Kier alpha value is -1.63. The number of rotatable bonds is 7. The summed E-state index contributed by atoms with van der Waals surface area (Å²) in [6.07, 6.45) is 0. The molecule has 1 amide bonds. The Balaban J connectivity index is 2.41. The molecule has 1 aromatic heterocycles. The zero-order valence-corrected chi connectivity index (χ0v) is 10.5. The number of nitrogens with one attached hydrogen (secondary N) is 2. The van der Waals surface area contributed by atoms with Gasteiger partial charge in [0.15, 0.2) is 0 Å². The molecule has 17 heavy (non-hydrogen) atoms. The van der Waals surface area contributed by atoms with Crippen LogP contribution < -0.4 is 10.6 Å². The van der Waals surface area contributed by atoms with Crippen LogP contribution in [-0.2, 0) is 11.3 Å². The van der Waals surface area contributed by atoms with Crippen LogP contribution in [0.25, 0.3) is 0 Å². The first kappa shape index (κ1) is 13.4. The van der Waals surface area contributed by atoms with Gasteiger partial charge in [-0.2, -0.15) is 0 Å². The SMILES string of the molecule is CCN(CC)C(=O)CNc1nnc(CNC)o1. The number of hydrogen-bond acceptors (Lipinski definition) is 6. The molecule has 0 radical (unpaired) electrons. The second-order valence-electron chi connectivity index (χ2n) is 3.45. The molecule has 7 heteroatoms. The molecule has 96 valence electrons. The zero-order valence-electron chi connectivity index (χ0n) is 10.5. The van der Waals surface area contributed by atoms with E-state index in [0.717, 1.165) is 0 Å². The molecule has 0 aliphatic rings. The summed E-state index contributed by atoms with van der Waals surface area (Å²) in [6, 6.07) is 0.274. The molecule has 7 nitrogen and oxygen atoms in total. The molecule has 1 aromatic rings. The summed E-state index contributed by atoms with van der Waals surface area (Å²) >= 11 is 0. The van der Waals surface area contributed by atoms with Crippen molar-refractivity contribution >= 4 is 11.9 Å². The maximum absolute atomic E-state index is 11.7. The topological polar surface area (TPSA) is 83.3 Å². The quantitative estimate of drug-likeness (QED) is 0.703. The third kappa shape index (κ3) is 4.03. The lowest BCUT2D eigenvalue weighted by atomic mass is 10.4. The van der Waals surface area contributed by atoms with Gasteiger partial charge in [-0.05, 0) is 20.9 Å². The average molecular weight is 241 g/mol. The van der Waals surface area contributed by atoms with Gasteiger partial charge in [0.2, 0.25) is 11.8 Å². The van der Waals surface area contributed by atoms with Gasteiger partial charge in [0.1, 0.15) is 0 Å². The fourth-order valence-electron chi connectivity index (χ4n) is 1.39. The van der Waals surface area contributed by atoms with Gasteiger partial charge in [-0.1, -0.05) is 5.10 Å². The van der Waals surface area contributed by atoms with Gasteiger partial charge in [0.25, 0.3) is 0 Å². The van der Waals surface area contributed by atoms with Crippen LogP contribution in [0.5, 0.6) is 0 Å². The van der Waals surface area contributed by atoms with E-state index in [1.54, 1.807) is 11.9 Å². The lowest BCUT2D eigenvalue weighted by Crippen LogP contribution is -2.35. The fourth-order valence-corrected chi connectivity index (χ4v) is 1.39. The number of likely N-dealkylation sites (N-methyl/N-ethyl adjacent to an activating group) is 1. The third-order valence-corrected chi connectivity index (χ3v) is 2.30. The first-order chi connectivity index (χ1) is 8.21. The molecule has 1 heterocycles. The van der Waals surface area contributed by atoms with Crippen LogP contribution in [0, 0.1) is 0 Å². The predicted molar refractivity (Wildman–Crippen MR) is 63.5 cm³/mol. The van der Waals surface area contributed by atoms with Crippen molar-refractivity contribution in [3.05, 3.63) is 5.89 Å². The van der Waals surface area contributed by atoms with Crippen LogP contribution in [0.2, 0.25) is 0 Å². The Labute approximate surface area is 101 Å². The number of nitrogens with zero attached hydrogens (tertiary/aromatic N) is 3. The van der Waals surface area contributed by atoms with Crippen LogP contribution in [0.1, 0.15) is 19.7 Å². The molecule has 0 aliphatic heterocycles. The molecule has 0 saturated heterocycles. The van der Waals surface area contributed by atoms with Crippen LogP contribution in [0.4, 0.5) is 6.01 Å². The number of amides is 1. The molecule has 2 N–H and O–H groups in total. The van der Waals surface area contributed by atoms with E-state index in [2.05, 4.69) is 20.8 Å². The van der Waals surface area contributed by atoms with E-state index >= 15 is 0 Å². The zero-order chi connectivity index (χ0) is 12.7. The standard InChI is InChI=1S/C10H19N5O2/c1-4-15(5-2)9(16)7-12-10-14-13-8(17-10)6-11-3/h11H,4-7H2,1-3H3,(H,12,14). The van der Waals surface area contributed by atoms with Crippen molar-refractivity contribution in [3.8, 4) is 0 Å². The first-order valence-corrected chi connectivity index (χ1v) is 5.69. The largest absolute Gasteiger partial charge is 0.407 e. The highest BCUT2D eigenvalue weighted by atomic mass is 16.4. The van der Waals surface area contributed by atoms with Crippen LogP contribution in [0.3, 0.4) is 0 Å². The smallest absolute Gasteiger partial charge is 0.315 e. The van der Waals surface area contributed by atoms with Crippen LogP contribution >= 0.6 is 0 Å². The van der Waals surface area contributed by atoms with Crippen LogP contribution in [0.15, 0.2) is 4.42 Å². The predicted octanol–water partition coefficient (Wildman–Crippen LogP) is 0.0693. The summed E-state index contributed by atoms with van der Waals surface area (Å²) in [6.45, 7) is 5.97. The first-order valence-electron chi connectivity index (χ1n) is 5.69. The molecule has 0 aromatic carbocycles. The van der Waals surface area contributed by atoms with Crippen molar-refractivity contribution in [2.75, 3.05) is 32.0 Å². The lowest BCUT2D eigenvalue weighted by Gasteiger charge is -2.18. The van der Waals surface area contributed by atoms with E-state index in [0.29, 0.717) is 25.5 Å². The number of carbonyl (C=O) groups excluding carboxylic acids is 1. The highest BCUT2D eigenvalue weighted by Gasteiger charge is 2.11. The Morgan fingerprint density at radius 1 is 1.35 bits per heavy atom. The van der Waals surface area contributed by atoms with Gasteiger partial charge in [-0.3, -0.25) is 4.79 Å². The second-order valence-corrected chi connectivity index (χ2v) is 3.45. The van der Waals surface area contributed by atoms with Gasteiger partial charge < -0.3 is 20.0 Å². The highest BCUT2D eigenvalue weighted by molar-refractivity contribution is 5.80. The molecule has 0 fully saturated rings. The Morgan fingerprint density at radius 3 is 2.65 bits per heavy atom. The monoisotopic (exact) mass is 241 g/mol. The molecule has 0 spiro atoms. The van der Waals surface area contributed by atoms with E-state index in [1.807, 2.05) is 13.8 Å². The summed E-state index contributed by atoms with van der Waals surface area (Å²) in [5, 5.41) is 13.3. The molecular formula is C10H19N5O2. The van der Waals surface area contributed by atoms with Crippen molar-refractivity contribution in [1.82, 2.24) is 20.4 Å². The lowest BCUT2D eigenvalue weighted by molar-refractivity contribution is -0.128. The van der Waals surface area contributed by atoms with Gasteiger partial charge in [0.05, 0.1) is 13.1 Å². The molecule has 0 bridgehead atoms. The van der Waals surface area contributed by atoms with Gasteiger partial charge in [-0.15, -0.1) is 5.10 Å².